The number of alkyl halides is 1. The van der Waals surface area contributed by atoms with Crippen molar-refractivity contribution in [1.29, 1.82) is 0 Å². The van der Waals surface area contributed by atoms with E-state index in [2.05, 4.69) is 65.2 Å². The van der Waals surface area contributed by atoms with Crippen molar-refractivity contribution in [3.8, 4) is 0 Å². The van der Waals surface area contributed by atoms with Crippen molar-refractivity contribution >= 4 is 28.2 Å². The Kier molecular flexibility index (Phi) is 3.27. The maximum absolute atomic E-state index is 3.16. The molecular formula is C14H11I. The Morgan fingerprint density at radius 1 is 1.20 bits per heavy atom. The zero-order chi connectivity index (χ0) is 10.7. The molecule has 1 aliphatic rings. The molecule has 0 unspecified atom stereocenters. The smallest absolute Gasteiger partial charge is 0.0329 e. The topological polar surface area (TPSA) is 0 Å². The predicted molar refractivity (Wildman–Crippen MR) is 73.0 cm³/mol. The lowest BCUT2D eigenvalue weighted by atomic mass is 9.95. The first-order valence-corrected chi connectivity index (χ1v) is 6.38. The van der Waals surface area contributed by atoms with Gasteiger partial charge in [-0.15, -0.1) is 0 Å². The highest BCUT2D eigenvalue weighted by molar-refractivity contribution is 14.1. The number of halogens is 1. The second-order valence-electron chi connectivity index (χ2n) is 3.43. The molecule has 0 aliphatic heterocycles. The van der Waals surface area contributed by atoms with E-state index in [1.54, 1.807) is 0 Å². The summed E-state index contributed by atoms with van der Waals surface area (Å²) in [6.45, 7) is 2.15. The summed E-state index contributed by atoms with van der Waals surface area (Å²) in [5, 5.41) is 0. The molecule has 1 aromatic carbocycles. The van der Waals surface area contributed by atoms with E-state index >= 15 is 0 Å². The van der Waals surface area contributed by atoms with Crippen LogP contribution in [0.4, 0.5) is 0 Å². The molecule has 0 amide bonds. The minimum atomic E-state index is 0.987. The van der Waals surface area contributed by atoms with Crippen LogP contribution in [0.1, 0.15) is 12.5 Å². The highest BCUT2D eigenvalue weighted by Gasteiger charge is 2.08. The minimum Gasteiger partial charge on any atom is -0.0805 e. The maximum atomic E-state index is 3.16. The Balaban J connectivity index is 2.50. The number of hydrogen-bond donors (Lipinski definition) is 0. The zero-order valence-corrected chi connectivity index (χ0v) is 10.7. The molecule has 0 aromatic heterocycles. The van der Waals surface area contributed by atoms with Crippen molar-refractivity contribution < 1.29 is 0 Å². The second kappa shape index (κ2) is 4.67. The summed E-state index contributed by atoms with van der Waals surface area (Å²) in [5.74, 6) is 0. The monoisotopic (exact) mass is 306 g/mol. The van der Waals surface area contributed by atoms with Gasteiger partial charge >= 0.3 is 0 Å². The Morgan fingerprint density at radius 2 is 1.93 bits per heavy atom. The molecule has 0 heterocycles. The zero-order valence-electron chi connectivity index (χ0n) is 8.55. The first-order chi connectivity index (χ1) is 7.33. The standard InChI is InChI=1S/C14H11I/c1-11-13(10-15)8-5-9-14(11)12-6-3-2-4-7-12/h2-4,6-7,9H,10H2,1H3. The van der Waals surface area contributed by atoms with Gasteiger partial charge in [-0.3, -0.25) is 0 Å². The van der Waals surface area contributed by atoms with Gasteiger partial charge in [0, 0.05) is 10.0 Å². The summed E-state index contributed by atoms with van der Waals surface area (Å²) in [6.07, 6.45) is 2.01. The summed E-state index contributed by atoms with van der Waals surface area (Å²) < 4.78 is 0.987. The van der Waals surface area contributed by atoms with E-state index in [9.17, 15) is 0 Å². The van der Waals surface area contributed by atoms with E-state index in [1.165, 1.54) is 22.3 Å². The molecule has 0 radical (unpaired) electrons. The van der Waals surface area contributed by atoms with Crippen molar-refractivity contribution in [2.75, 3.05) is 4.43 Å². The predicted octanol–water partition coefficient (Wildman–Crippen LogP) is 4.15. The molecule has 0 saturated carbocycles. The Bertz CT molecular complexity index is 493. The summed E-state index contributed by atoms with van der Waals surface area (Å²) in [4.78, 5) is 0. The van der Waals surface area contributed by atoms with E-state index in [0.29, 0.717) is 0 Å². The largest absolute Gasteiger partial charge is 0.0805 e. The van der Waals surface area contributed by atoms with Gasteiger partial charge in [-0.2, -0.15) is 0 Å². The lowest BCUT2D eigenvalue weighted by Gasteiger charge is -2.10. The van der Waals surface area contributed by atoms with Gasteiger partial charge in [0.2, 0.25) is 0 Å². The summed E-state index contributed by atoms with van der Waals surface area (Å²) in [6, 6.07) is 10.4. The lowest BCUT2D eigenvalue weighted by molar-refractivity contribution is 1.37. The molecule has 2 rings (SSSR count). The van der Waals surface area contributed by atoms with Crippen molar-refractivity contribution in [1.82, 2.24) is 0 Å². The molecule has 0 N–H and O–H groups in total. The molecule has 1 aromatic rings. The second-order valence-corrected chi connectivity index (χ2v) is 4.19. The van der Waals surface area contributed by atoms with E-state index in [4.69, 9.17) is 0 Å². The van der Waals surface area contributed by atoms with Crippen LogP contribution in [0.25, 0.3) is 5.57 Å². The van der Waals surface area contributed by atoms with Gasteiger partial charge in [-0.25, -0.2) is 0 Å². The van der Waals surface area contributed by atoms with Crippen molar-refractivity contribution in [2.24, 2.45) is 0 Å². The number of benzene rings is 1. The normalized spacial score (nSPS) is 14.4. The van der Waals surface area contributed by atoms with Gasteiger partial charge in [0.15, 0.2) is 0 Å². The van der Waals surface area contributed by atoms with Gasteiger partial charge < -0.3 is 0 Å². The molecule has 0 spiro atoms. The van der Waals surface area contributed by atoms with Gasteiger partial charge in [-0.1, -0.05) is 64.4 Å². The van der Waals surface area contributed by atoms with Gasteiger partial charge in [0.25, 0.3) is 0 Å². The quantitative estimate of drug-likeness (QED) is 0.437. The van der Waals surface area contributed by atoms with Gasteiger partial charge in [0.05, 0.1) is 0 Å². The first kappa shape index (κ1) is 10.5. The van der Waals surface area contributed by atoms with Crippen molar-refractivity contribution in [3.05, 3.63) is 64.6 Å². The van der Waals surface area contributed by atoms with E-state index in [-0.39, 0.29) is 0 Å². The molecule has 15 heavy (non-hydrogen) atoms. The maximum Gasteiger partial charge on any atom is 0.0329 e. The van der Waals surface area contributed by atoms with Crippen LogP contribution in [0.2, 0.25) is 0 Å². The average Bonchev–Trinajstić information content (AvgIpc) is 2.30. The molecule has 0 saturated heterocycles. The SMILES string of the molecule is CC1=C(c2ccccc2)C=C=C=C1CI. The van der Waals surface area contributed by atoms with Crippen LogP contribution in [0.3, 0.4) is 0 Å². The van der Waals surface area contributed by atoms with Gasteiger partial charge in [0.1, 0.15) is 0 Å². The summed E-state index contributed by atoms with van der Waals surface area (Å²) in [7, 11) is 0. The minimum absolute atomic E-state index is 0.987. The van der Waals surface area contributed by atoms with Crippen LogP contribution < -0.4 is 0 Å². The highest BCUT2D eigenvalue weighted by atomic mass is 127. The van der Waals surface area contributed by atoms with Crippen molar-refractivity contribution in [3.63, 3.8) is 0 Å². The van der Waals surface area contributed by atoms with E-state index in [0.717, 1.165) is 4.43 Å². The van der Waals surface area contributed by atoms with E-state index < -0.39 is 0 Å². The molecule has 1 heteroatoms. The molecule has 74 valence electrons. The molecule has 1 aliphatic carbocycles. The fourth-order valence-corrected chi connectivity index (χ4v) is 2.37. The van der Waals surface area contributed by atoms with Crippen LogP contribution in [0.15, 0.2) is 59.0 Å². The van der Waals surface area contributed by atoms with Crippen LogP contribution in [-0.2, 0) is 0 Å². The van der Waals surface area contributed by atoms with Gasteiger partial charge in [-0.05, 0) is 29.7 Å². The molecular weight excluding hydrogens is 295 g/mol. The third kappa shape index (κ3) is 2.15. The Hall–Kier alpha value is -1.01. The molecule has 0 fully saturated rings. The fraction of sp³-hybridized carbons (Fsp3) is 0.143. The van der Waals surface area contributed by atoms with Crippen LogP contribution >= 0.6 is 22.6 Å². The molecule has 0 nitrogen and oxygen atoms in total. The third-order valence-electron chi connectivity index (χ3n) is 2.51. The van der Waals surface area contributed by atoms with Crippen LogP contribution in [0.5, 0.6) is 0 Å². The third-order valence-corrected chi connectivity index (χ3v) is 3.28. The summed E-state index contributed by atoms with van der Waals surface area (Å²) in [5.41, 5.74) is 11.3. The number of hydrogen-bond acceptors (Lipinski definition) is 0. The van der Waals surface area contributed by atoms with E-state index in [1.807, 2.05) is 12.1 Å². The lowest BCUT2D eigenvalue weighted by Crippen LogP contribution is -1.93. The average molecular weight is 306 g/mol. The number of rotatable bonds is 2. The molecule has 0 bridgehead atoms. The van der Waals surface area contributed by atoms with Crippen LogP contribution in [-0.4, -0.2) is 4.43 Å². The number of allylic oxidation sites excluding steroid dienone is 4. The van der Waals surface area contributed by atoms with Crippen molar-refractivity contribution in [2.45, 2.75) is 6.92 Å². The Labute approximate surface area is 104 Å². The fourth-order valence-electron chi connectivity index (χ4n) is 1.61. The molecule has 0 atom stereocenters. The highest BCUT2D eigenvalue weighted by Crippen LogP contribution is 2.26. The first-order valence-electron chi connectivity index (χ1n) is 4.86. The Morgan fingerprint density at radius 3 is 2.60 bits per heavy atom. The summed E-state index contributed by atoms with van der Waals surface area (Å²) >= 11 is 2.36. The van der Waals surface area contributed by atoms with Crippen LogP contribution in [0, 0.1) is 0 Å².